The molecule has 5 aromatic rings. The van der Waals surface area contributed by atoms with E-state index in [0.29, 0.717) is 55.6 Å². The molecule has 16 nitrogen and oxygen atoms in total. The fraction of sp³-hybridized carbons (Fsp3) is 0.525. The van der Waals surface area contributed by atoms with Crippen LogP contribution < -0.4 is 21.2 Å². The normalized spacial score (nSPS) is 22.6. The molecular weight excluding hydrogens is 753 g/mol. The number of nitrogens with zero attached hydrogens (tertiary/aromatic N) is 9. The van der Waals surface area contributed by atoms with E-state index in [2.05, 4.69) is 41.7 Å². The number of benzene rings is 1. The van der Waals surface area contributed by atoms with Crippen molar-refractivity contribution in [1.82, 2.24) is 43.7 Å². The van der Waals surface area contributed by atoms with Gasteiger partial charge in [0.2, 0.25) is 11.8 Å². The third-order valence-electron chi connectivity index (χ3n) is 12.5. The molecule has 1 saturated carbocycles. The Bertz CT molecular complexity index is 2420. The van der Waals surface area contributed by atoms with Crippen LogP contribution in [0.2, 0.25) is 0 Å². The number of amides is 3. The van der Waals surface area contributed by atoms with Crippen LogP contribution in [0.1, 0.15) is 97.4 Å². The summed E-state index contributed by atoms with van der Waals surface area (Å²) < 4.78 is 40.3. The van der Waals surface area contributed by atoms with Crippen molar-refractivity contribution in [3.05, 3.63) is 70.2 Å². The number of carbonyl (C=O) groups excluding carboxylic acids is 3. The van der Waals surface area contributed by atoms with E-state index in [1.165, 1.54) is 16.9 Å². The van der Waals surface area contributed by atoms with E-state index in [1.54, 1.807) is 27.1 Å². The zero-order valence-electron chi connectivity index (χ0n) is 32.4. The second kappa shape index (κ2) is 15.7. The highest BCUT2D eigenvalue weighted by Crippen LogP contribution is 2.38. The van der Waals surface area contributed by atoms with Crippen molar-refractivity contribution in [2.75, 3.05) is 56.2 Å². The highest BCUT2D eigenvalue weighted by Gasteiger charge is 2.34. The summed E-state index contributed by atoms with van der Waals surface area (Å²) in [5, 5.41) is 13.6. The number of para-hydroxylation sites is 1. The van der Waals surface area contributed by atoms with Crippen molar-refractivity contribution in [3.63, 3.8) is 0 Å². The van der Waals surface area contributed by atoms with Crippen LogP contribution >= 0.6 is 0 Å². The maximum Gasteiger partial charge on any atom is 0.329 e. The Labute approximate surface area is 332 Å². The number of aromatic nitrogens is 7. The molecule has 7 heterocycles. The van der Waals surface area contributed by atoms with Gasteiger partial charge in [-0.25, -0.2) is 23.1 Å². The first-order valence-electron chi connectivity index (χ1n) is 20.2. The first-order chi connectivity index (χ1) is 28.1. The number of ether oxygens (including phenoxy) is 1. The highest BCUT2D eigenvalue weighted by atomic mass is 19.3. The summed E-state index contributed by atoms with van der Waals surface area (Å²) in [7, 11) is 1.75. The lowest BCUT2D eigenvalue weighted by molar-refractivity contribution is -0.135. The Balaban J connectivity index is 0.812. The van der Waals surface area contributed by atoms with Crippen molar-refractivity contribution in [3.8, 4) is 0 Å². The van der Waals surface area contributed by atoms with Crippen LogP contribution in [-0.4, -0.2) is 102 Å². The summed E-state index contributed by atoms with van der Waals surface area (Å²) in [5.41, 5.74) is 2.45. The van der Waals surface area contributed by atoms with Crippen LogP contribution in [-0.2, 0) is 21.4 Å². The van der Waals surface area contributed by atoms with Gasteiger partial charge in [-0.15, -0.1) is 0 Å². The van der Waals surface area contributed by atoms with Crippen LogP contribution in [0.5, 0.6) is 0 Å². The third kappa shape index (κ3) is 7.16. The Morgan fingerprint density at radius 2 is 1.78 bits per heavy atom. The number of anilines is 2. The Morgan fingerprint density at radius 1 is 1.00 bits per heavy atom. The Hall–Kier alpha value is -5.49. The largest absolute Gasteiger partial charge is 0.378 e. The van der Waals surface area contributed by atoms with Crippen LogP contribution in [0.25, 0.3) is 16.7 Å². The van der Waals surface area contributed by atoms with Gasteiger partial charge in [-0.2, -0.15) is 10.2 Å². The molecule has 1 atom stereocenters. The number of imidazole rings is 1. The summed E-state index contributed by atoms with van der Waals surface area (Å²) in [4.78, 5) is 60.7. The van der Waals surface area contributed by atoms with Gasteiger partial charge in [0, 0.05) is 45.5 Å². The molecule has 3 amide bonds. The molecule has 3 saturated heterocycles. The summed E-state index contributed by atoms with van der Waals surface area (Å²) in [6.45, 7) is 5.30. The summed E-state index contributed by atoms with van der Waals surface area (Å²) in [6, 6.07) is 6.97. The lowest BCUT2D eigenvalue weighted by Gasteiger charge is -2.37. The molecule has 0 radical (unpaired) electrons. The lowest BCUT2D eigenvalue weighted by atomic mass is 9.84. The van der Waals surface area contributed by atoms with Gasteiger partial charge < -0.3 is 19.9 Å². The predicted molar refractivity (Wildman–Crippen MR) is 209 cm³/mol. The molecule has 1 aliphatic carbocycles. The third-order valence-corrected chi connectivity index (χ3v) is 12.5. The molecule has 9 rings (SSSR count). The highest BCUT2D eigenvalue weighted by molar-refractivity contribution is 6.08. The molecular formula is C40H47F2N11O5. The van der Waals surface area contributed by atoms with Gasteiger partial charge >= 0.3 is 5.69 Å². The Kier molecular flexibility index (Phi) is 10.3. The number of hydrogen-bond acceptors (Lipinski definition) is 10. The number of hydrogen-bond donors (Lipinski definition) is 2. The molecule has 4 aromatic heterocycles. The molecule has 18 heteroatoms. The van der Waals surface area contributed by atoms with Gasteiger partial charge in [-0.05, 0) is 87.6 Å². The maximum atomic E-state index is 14.3. The molecule has 4 aliphatic rings. The van der Waals surface area contributed by atoms with E-state index in [4.69, 9.17) is 4.74 Å². The standard InChI is InChI=1S/C40H47F2N11O5/c1-48-35-27(3-2-4-30(35)53(40(48)57)31-9-10-33(54)46-39(31)56)25-11-14-49(15-12-25)22-24-5-7-26(8-6-24)52-23-29(34(47-52)36(41)42)44-38(55)28-21-43-51-16-13-32(45-37(28)51)50-17-19-58-20-18-50/h2-4,13,16,21,23-26,31,36H,5-12,14-15,17-20,22H2,1H3,(H,44,55)(H,46,54,56). The number of rotatable bonds is 9. The fourth-order valence-electron chi connectivity index (χ4n) is 9.44. The number of nitrogens with one attached hydrogen (secondary N) is 2. The summed E-state index contributed by atoms with van der Waals surface area (Å²) in [5.74, 6) is 0.0811. The molecule has 2 N–H and O–H groups in total. The number of alkyl halides is 2. The van der Waals surface area contributed by atoms with Crippen LogP contribution in [0, 0.1) is 5.92 Å². The van der Waals surface area contributed by atoms with Crippen molar-refractivity contribution in [2.24, 2.45) is 13.0 Å². The second-order valence-electron chi connectivity index (χ2n) is 16.0. The van der Waals surface area contributed by atoms with Crippen LogP contribution in [0.15, 0.2) is 47.7 Å². The van der Waals surface area contributed by atoms with Crippen LogP contribution in [0.3, 0.4) is 0 Å². The van der Waals surface area contributed by atoms with Crippen molar-refractivity contribution in [1.29, 1.82) is 0 Å². The zero-order chi connectivity index (χ0) is 40.1. The number of carbonyl (C=O) groups is 3. The minimum Gasteiger partial charge on any atom is -0.378 e. The summed E-state index contributed by atoms with van der Waals surface area (Å²) >= 11 is 0. The quantitative estimate of drug-likeness (QED) is 0.207. The maximum absolute atomic E-state index is 14.3. The average molecular weight is 800 g/mol. The van der Waals surface area contributed by atoms with E-state index in [-0.39, 0.29) is 41.2 Å². The lowest BCUT2D eigenvalue weighted by Crippen LogP contribution is -2.44. The van der Waals surface area contributed by atoms with E-state index >= 15 is 0 Å². The average Bonchev–Trinajstić information content (AvgIpc) is 3.93. The first kappa shape index (κ1) is 38.1. The number of halogens is 2. The number of likely N-dealkylation sites (tertiary alicyclic amines) is 1. The molecule has 1 aromatic carbocycles. The number of morpholine rings is 1. The number of imide groups is 1. The van der Waals surface area contributed by atoms with E-state index in [1.807, 2.05) is 18.2 Å². The number of fused-ring (bicyclic) bond motifs is 2. The minimum absolute atomic E-state index is 0.0167. The molecule has 0 spiro atoms. The molecule has 58 heavy (non-hydrogen) atoms. The second-order valence-corrected chi connectivity index (χ2v) is 16.0. The minimum atomic E-state index is -2.87. The first-order valence-corrected chi connectivity index (χ1v) is 20.2. The van der Waals surface area contributed by atoms with Crippen molar-refractivity contribution < 1.29 is 27.9 Å². The zero-order valence-corrected chi connectivity index (χ0v) is 32.4. The SMILES string of the molecule is Cn1c(=O)n(C2CCC(=O)NC2=O)c2cccc(C3CCN(CC4CCC(n5cc(NC(=O)c6cnn7ccc(N8CCOCC8)nc67)c(C(F)F)n5)CC4)CC3)c21. The predicted octanol–water partition coefficient (Wildman–Crippen LogP) is 4.19. The van der Waals surface area contributed by atoms with Gasteiger partial charge in [0.25, 0.3) is 12.3 Å². The monoisotopic (exact) mass is 799 g/mol. The van der Waals surface area contributed by atoms with E-state index in [9.17, 15) is 28.0 Å². The van der Waals surface area contributed by atoms with Crippen molar-refractivity contribution >= 4 is 45.9 Å². The van der Waals surface area contributed by atoms with Crippen molar-refractivity contribution in [2.45, 2.75) is 75.8 Å². The molecule has 3 aliphatic heterocycles. The molecule has 1 unspecified atom stereocenters. The Morgan fingerprint density at radius 3 is 2.52 bits per heavy atom. The molecule has 4 fully saturated rings. The molecule has 306 valence electrons. The topological polar surface area (TPSA) is 166 Å². The smallest absolute Gasteiger partial charge is 0.329 e. The number of piperidine rings is 2. The molecule has 0 bridgehead atoms. The van der Waals surface area contributed by atoms with E-state index < -0.39 is 30.0 Å². The number of aryl methyl sites for hydroxylation is 1. The van der Waals surface area contributed by atoms with Gasteiger partial charge in [0.15, 0.2) is 11.3 Å². The van der Waals surface area contributed by atoms with Crippen LogP contribution in [0.4, 0.5) is 20.3 Å². The van der Waals surface area contributed by atoms with Gasteiger partial charge in [0.05, 0.1) is 42.2 Å². The fourth-order valence-corrected chi connectivity index (χ4v) is 9.44. The van der Waals surface area contributed by atoms with Gasteiger partial charge in [0.1, 0.15) is 17.4 Å². The summed E-state index contributed by atoms with van der Waals surface area (Å²) in [6.07, 6.45) is 7.61. The van der Waals surface area contributed by atoms with Gasteiger partial charge in [-0.3, -0.25) is 33.5 Å². The van der Waals surface area contributed by atoms with Gasteiger partial charge in [-0.1, -0.05) is 12.1 Å². The van der Waals surface area contributed by atoms with E-state index in [0.717, 1.165) is 69.2 Å².